The minimum absolute atomic E-state index is 0.0107. The molecule has 4 heteroatoms. The Hall–Kier alpha value is -1.23. The minimum atomic E-state index is -0.0107. The first-order chi connectivity index (χ1) is 12.8. The molecule has 3 heterocycles. The molecule has 0 aliphatic carbocycles. The van der Waals surface area contributed by atoms with Crippen LogP contribution >= 0.6 is 11.3 Å². The van der Waals surface area contributed by atoms with E-state index in [2.05, 4.69) is 67.2 Å². The molecule has 0 unspecified atom stereocenters. The summed E-state index contributed by atoms with van der Waals surface area (Å²) in [5, 5.41) is 2.18. The molecule has 0 aromatic carbocycles. The molecule has 27 heavy (non-hydrogen) atoms. The molecule has 0 radical (unpaired) electrons. The summed E-state index contributed by atoms with van der Waals surface area (Å²) in [4.78, 5) is 8.65. The fraction of sp³-hybridized carbons (Fsp3) is 0.609. The summed E-state index contributed by atoms with van der Waals surface area (Å²) in [6.07, 6.45) is 5.88. The molecular formula is C23H34N2OS. The van der Waals surface area contributed by atoms with E-state index in [0.717, 1.165) is 31.8 Å². The minimum Gasteiger partial charge on any atom is -0.378 e. The molecule has 2 aromatic heterocycles. The molecule has 3 rings (SSSR count). The van der Waals surface area contributed by atoms with Crippen LogP contribution in [0.3, 0.4) is 0 Å². The molecule has 3 nitrogen and oxygen atoms in total. The molecule has 0 spiro atoms. The van der Waals surface area contributed by atoms with Crippen molar-refractivity contribution < 1.29 is 4.74 Å². The molecule has 1 aliphatic rings. The largest absolute Gasteiger partial charge is 0.378 e. The zero-order chi connectivity index (χ0) is 19.5. The van der Waals surface area contributed by atoms with Crippen LogP contribution in [0, 0.1) is 12.3 Å². The summed E-state index contributed by atoms with van der Waals surface area (Å²) in [5.74, 6) is 0. The third kappa shape index (κ3) is 4.98. The lowest BCUT2D eigenvalue weighted by Crippen LogP contribution is -2.42. The second-order valence-corrected chi connectivity index (χ2v) is 9.89. The van der Waals surface area contributed by atoms with Gasteiger partial charge in [-0.2, -0.15) is 0 Å². The van der Waals surface area contributed by atoms with Crippen LogP contribution in [0.1, 0.15) is 56.7 Å². The molecule has 148 valence electrons. The van der Waals surface area contributed by atoms with Crippen LogP contribution in [-0.2, 0) is 16.7 Å². The molecule has 1 saturated heterocycles. The van der Waals surface area contributed by atoms with Gasteiger partial charge in [-0.15, -0.1) is 11.3 Å². The average Bonchev–Trinajstić information content (AvgIpc) is 3.29. The highest BCUT2D eigenvalue weighted by Crippen LogP contribution is 2.42. The maximum absolute atomic E-state index is 6.15. The Labute approximate surface area is 168 Å². The second-order valence-electron chi connectivity index (χ2n) is 8.86. The topological polar surface area (TPSA) is 25.4 Å². The van der Waals surface area contributed by atoms with Crippen molar-refractivity contribution in [1.82, 2.24) is 9.88 Å². The number of aryl methyl sites for hydroxylation is 2. The van der Waals surface area contributed by atoms with Crippen molar-refractivity contribution in [2.75, 3.05) is 19.7 Å². The van der Waals surface area contributed by atoms with Crippen LogP contribution in [-0.4, -0.2) is 35.7 Å². The fourth-order valence-electron chi connectivity index (χ4n) is 4.01. The highest BCUT2D eigenvalue weighted by Gasteiger charge is 2.43. The smallest absolute Gasteiger partial charge is 0.0538 e. The Morgan fingerprint density at radius 1 is 1.30 bits per heavy atom. The Morgan fingerprint density at radius 3 is 2.74 bits per heavy atom. The number of likely N-dealkylation sites (tertiary alicyclic amines) is 1. The van der Waals surface area contributed by atoms with E-state index in [9.17, 15) is 0 Å². The quantitative estimate of drug-likeness (QED) is 0.604. The van der Waals surface area contributed by atoms with E-state index < -0.39 is 0 Å². The van der Waals surface area contributed by atoms with Gasteiger partial charge in [-0.3, -0.25) is 9.88 Å². The number of hydrogen-bond donors (Lipinski definition) is 0. The van der Waals surface area contributed by atoms with Crippen molar-refractivity contribution in [2.45, 2.75) is 65.5 Å². The molecule has 1 fully saturated rings. The Kier molecular flexibility index (Phi) is 6.39. The lowest BCUT2D eigenvalue weighted by molar-refractivity contribution is 0.00104. The van der Waals surface area contributed by atoms with E-state index >= 15 is 0 Å². The summed E-state index contributed by atoms with van der Waals surface area (Å²) in [6, 6.07) is 8.78. The number of hydrogen-bond acceptors (Lipinski definition) is 4. The van der Waals surface area contributed by atoms with Gasteiger partial charge in [0.2, 0.25) is 0 Å². The Balaban J connectivity index is 1.74. The lowest BCUT2D eigenvalue weighted by atomic mass is 9.82. The van der Waals surface area contributed by atoms with Gasteiger partial charge < -0.3 is 4.74 Å². The van der Waals surface area contributed by atoms with Crippen LogP contribution in [0.5, 0.6) is 0 Å². The highest BCUT2D eigenvalue weighted by molar-refractivity contribution is 7.09. The zero-order valence-corrected chi connectivity index (χ0v) is 18.3. The number of thiophene rings is 1. The summed E-state index contributed by atoms with van der Waals surface area (Å²) >= 11 is 1.87. The second kappa shape index (κ2) is 8.42. The zero-order valence-electron chi connectivity index (χ0n) is 17.5. The van der Waals surface area contributed by atoms with Gasteiger partial charge >= 0.3 is 0 Å². The van der Waals surface area contributed by atoms with E-state index in [4.69, 9.17) is 4.74 Å². The van der Waals surface area contributed by atoms with Crippen LogP contribution in [0.4, 0.5) is 0 Å². The molecule has 1 atom stereocenters. The number of rotatable bonds is 8. The summed E-state index contributed by atoms with van der Waals surface area (Å²) in [6.45, 7) is 14.1. The predicted octanol–water partition coefficient (Wildman–Crippen LogP) is 5.44. The van der Waals surface area contributed by atoms with Crippen molar-refractivity contribution in [3.63, 3.8) is 0 Å². The monoisotopic (exact) mass is 386 g/mol. The molecular weight excluding hydrogens is 352 g/mol. The van der Waals surface area contributed by atoms with Crippen molar-refractivity contribution in [2.24, 2.45) is 5.41 Å². The molecule has 0 bridgehead atoms. The number of aromatic nitrogens is 1. The van der Waals surface area contributed by atoms with Crippen LogP contribution in [0.15, 0.2) is 35.8 Å². The van der Waals surface area contributed by atoms with Gasteiger partial charge in [-0.25, -0.2) is 0 Å². The fourth-order valence-corrected chi connectivity index (χ4v) is 4.71. The highest BCUT2D eigenvalue weighted by atomic mass is 32.1. The van der Waals surface area contributed by atoms with E-state index in [1.807, 2.05) is 24.5 Å². The van der Waals surface area contributed by atoms with Crippen molar-refractivity contribution in [1.29, 1.82) is 0 Å². The van der Waals surface area contributed by atoms with E-state index in [1.165, 1.54) is 23.3 Å². The number of pyridine rings is 1. The van der Waals surface area contributed by atoms with Crippen molar-refractivity contribution in [3.05, 3.63) is 52.0 Å². The van der Waals surface area contributed by atoms with Crippen LogP contribution in [0.2, 0.25) is 0 Å². The van der Waals surface area contributed by atoms with Gasteiger partial charge in [0.15, 0.2) is 0 Å². The van der Waals surface area contributed by atoms with E-state index in [-0.39, 0.29) is 17.1 Å². The first kappa shape index (κ1) is 20.5. The molecule has 2 aromatic rings. The summed E-state index contributed by atoms with van der Waals surface area (Å²) in [5.41, 5.74) is 2.60. The summed E-state index contributed by atoms with van der Waals surface area (Å²) < 4.78 is 6.15. The van der Waals surface area contributed by atoms with Gasteiger partial charge in [0.1, 0.15) is 0 Å². The lowest BCUT2D eigenvalue weighted by Gasteiger charge is -2.38. The van der Waals surface area contributed by atoms with Gasteiger partial charge in [0.25, 0.3) is 0 Å². The third-order valence-corrected chi connectivity index (χ3v) is 6.99. The third-order valence-electron chi connectivity index (χ3n) is 6.05. The van der Waals surface area contributed by atoms with Crippen molar-refractivity contribution >= 4 is 11.3 Å². The number of ether oxygens (including phenoxy) is 1. The normalized spacial score (nSPS) is 21.3. The van der Waals surface area contributed by atoms with Crippen LogP contribution in [0.25, 0.3) is 0 Å². The van der Waals surface area contributed by atoms with Gasteiger partial charge in [0, 0.05) is 34.3 Å². The van der Waals surface area contributed by atoms with Gasteiger partial charge in [-0.05, 0) is 83.5 Å². The Morgan fingerprint density at radius 2 is 2.11 bits per heavy atom. The first-order valence-electron chi connectivity index (χ1n) is 10.1. The molecule has 0 amide bonds. The van der Waals surface area contributed by atoms with Crippen molar-refractivity contribution in [3.8, 4) is 0 Å². The molecule has 0 N–H and O–H groups in total. The number of nitrogens with zero attached hydrogens (tertiary/aromatic N) is 2. The maximum atomic E-state index is 6.15. The molecule has 1 aliphatic heterocycles. The van der Waals surface area contributed by atoms with Gasteiger partial charge in [0.05, 0.1) is 12.7 Å². The Bertz CT molecular complexity index is 708. The van der Waals surface area contributed by atoms with Gasteiger partial charge in [-0.1, -0.05) is 12.1 Å². The SMILES string of the molecule is Cc1ccc(C(C)(C)N2CC[C@@](CCc3cccs3)(COC(C)C)C2)cn1. The first-order valence-corrected chi connectivity index (χ1v) is 11.0. The summed E-state index contributed by atoms with van der Waals surface area (Å²) in [7, 11) is 0. The maximum Gasteiger partial charge on any atom is 0.0538 e. The average molecular weight is 387 g/mol. The molecule has 0 saturated carbocycles. The standard InChI is InChI=1S/C23H34N2OS/c1-18(2)26-17-23(11-10-21-7-6-14-27-21)12-13-25(16-23)22(4,5)20-9-8-19(3)24-15-20/h6-9,14-15,18H,10-13,16-17H2,1-5H3/t23-/m1/s1. The van der Waals surface area contributed by atoms with Crippen LogP contribution < -0.4 is 0 Å². The van der Waals surface area contributed by atoms with E-state index in [0.29, 0.717) is 0 Å². The predicted molar refractivity (Wildman–Crippen MR) is 114 cm³/mol. The van der Waals surface area contributed by atoms with E-state index in [1.54, 1.807) is 0 Å².